The summed E-state index contributed by atoms with van der Waals surface area (Å²) >= 11 is 0. The molecule has 0 aliphatic heterocycles. The van der Waals surface area contributed by atoms with Crippen molar-refractivity contribution in [3.63, 3.8) is 0 Å². The molecule has 11 heavy (non-hydrogen) atoms. The highest BCUT2D eigenvalue weighted by Crippen LogP contribution is 1.93. The Labute approximate surface area is 69.3 Å². The maximum absolute atomic E-state index is 3.78. The number of imidazole rings is 1. The summed E-state index contributed by atoms with van der Waals surface area (Å²) in [7, 11) is 1.94. The maximum Gasteiger partial charge on any atom is 0.0943 e. The van der Waals surface area contributed by atoms with E-state index in [1.54, 1.807) is 12.5 Å². The van der Waals surface area contributed by atoms with Crippen LogP contribution in [-0.2, 0) is 7.05 Å². The average molecular weight is 154 g/mol. The minimum Gasteiger partial charge on any atom is -0.341 e. The van der Waals surface area contributed by atoms with Crippen LogP contribution in [0, 0.1) is 5.92 Å². The van der Waals surface area contributed by atoms with Crippen molar-refractivity contribution < 1.29 is 0 Å². The highest BCUT2D eigenvalue weighted by Gasteiger charge is 1.80. The Balaban J connectivity index is 0.000000187. The first kappa shape index (κ1) is 10.2. The third-order valence-electron chi connectivity index (χ3n) is 1.45. The second-order valence-corrected chi connectivity index (χ2v) is 3.03. The van der Waals surface area contributed by atoms with Crippen molar-refractivity contribution in [3.05, 3.63) is 18.7 Å². The van der Waals surface area contributed by atoms with E-state index in [4.69, 9.17) is 0 Å². The number of rotatable bonds is 1. The second kappa shape index (κ2) is 5.96. The Hall–Kier alpha value is -0.790. The van der Waals surface area contributed by atoms with Crippen LogP contribution in [0.3, 0.4) is 0 Å². The summed E-state index contributed by atoms with van der Waals surface area (Å²) in [4.78, 5) is 3.78. The Kier molecular flexibility index (Phi) is 5.53. The Morgan fingerprint density at radius 3 is 2.09 bits per heavy atom. The molecule has 0 aliphatic carbocycles. The fourth-order valence-corrected chi connectivity index (χ4v) is 0.326. The Bertz CT molecular complexity index is 154. The fraction of sp³-hybridized carbons (Fsp3) is 0.667. The molecular formula is C9H18N2. The summed E-state index contributed by atoms with van der Waals surface area (Å²) in [5.41, 5.74) is 0. The molecule has 1 heterocycles. The summed E-state index contributed by atoms with van der Waals surface area (Å²) in [5.74, 6) is 0.884. The van der Waals surface area contributed by atoms with Gasteiger partial charge in [0, 0.05) is 19.4 Å². The van der Waals surface area contributed by atoms with E-state index in [9.17, 15) is 0 Å². The molecule has 0 fully saturated rings. The van der Waals surface area contributed by atoms with Crippen LogP contribution >= 0.6 is 0 Å². The van der Waals surface area contributed by atoms with Crippen molar-refractivity contribution >= 4 is 0 Å². The van der Waals surface area contributed by atoms with Gasteiger partial charge in [-0.25, -0.2) is 4.98 Å². The molecule has 0 spiro atoms. The van der Waals surface area contributed by atoms with Crippen molar-refractivity contribution in [2.75, 3.05) is 0 Å². The predicted molar refractivity (Wildman–Crippen MR) is 48.3 cm³/mol. The molecule has 0 atom stereocenters. The number of aromatic nitrogens is 2. The van der Waals surface area contributed by atoms with Crippen LogP contribution in [0.2, 0.25) is 0 Å². The van der Waals surface area contributed by atoms with Gasteiger partial charge in [-0.05, 0) is 5.92 Å². The van der Waals surface area contributed by atoms with Gasteiger partial charge in [-0.2, -0.15) is 0 Å². The Morgan fingerprint density at radius 1 is 1.45 bits per heavy atom. The summed E-state index contributed by atoms with van der Waals surface area (Å²) < 4.78 is 1.89. The minimum absolute atomic E-state index is 0.884. The summed E-state index contributed by atoms with van der Waals surface area (Å²) in [6, 6.07) is 0. The zero-order valence-electron chi connectivity index (χ0n) is 7.91. The van der Waals surface area contributed by atoms with E-state index in [0.717, 1.165) is 5.92 Å². The van der Waals surface area contributed by atoms with Gasteiger partial charge in [0.25, 0.3) is 0 Å². The van der Waals surface area contributed by atoms with Crippen LogP contribution in [0.4, 0.5) is 0 Å². The minimum atomic E-state index is 0.884. The maximum atomic E-state index is 3.78. The molecule has 2 heteroatoms. The van der Waals surface area contributed by atoms with Crippen molar-refractivity contribution in [1.29, 1.82) is 0 Å². The van der Waals surface area contributed by atoms with Gasteiger partial charge in [0.1, 0.15) is 0 Å². The van der Waals surface area contributed by atoms with E-state index in [1.807, 2.05) is 17.8 Å². The van der Waals surface area contributed by atoms with Crippen LogP contribution in [0.5, 0.6) is 0 Å². The SMILES string of the molecule is CCC(C)C.Cn1ccnc1. The van der Waals surface area contributed by atoms with Crippen LogP contribution in [-0.4, -0.2) is 9.55 Å². The van der Waals surface area contributed by atoms with Gasteiger partial charge >= 0.3 is 0 Å². The monoisotopic (exact) mass is 154 g/mol. The standard InChI is InChI=1S/C5H12.C4H6N2/c1-4-5(2)3;1-6-3-2-5-4-6/h5H,4H2,1-3H3;2-4H,1H3. The molecule has 0 saturated heterocycles. The molecule has 0 amide bonds. The first-order valence-electron chi connectivity index (χ1n) is 4.08. The normalized spacial score (nSPS) is 9.18. The lowest BCUT2D eigenvalue weighted by Gasteiger charge is -1.90. The number of nitrogens with zero attached hydrogens (tertiary/aromatic N) is 2. The zero-order chi connectivity index (χ0) is 8.69. The topological polar surface area (TPSA) is 17.8 Å². The molecule has 0 N–H and O–H groups in total. The van der Waals surface area contributed by atoms with Crippen molar-refractivity contribution in [3.8, 4) is 0 Å². The fourth-order valence-electron chi connectivity index (χ4n) is 0.326. The smallest absolute Gasteiger partial charge is 0.0943 e. The second-order valence-electron chi connectivity index (χ2n) is 3.03. The lowest BCUT2D eigenvalue weighted by molar-refractivity contribution is 0.626. The largest absolute Gasteiger partial charge is 0.341 e. The van der Waals surface area contributed by atoms with E-state index in [1.165, 1.54) is 6.42 Å². The zero-order valence-corrected chi connectivity index (χ0v) is 7.91. The van der Waals surface area contributed by atoms with Gasteiger partial charge in [0.2, 0.25) is 0 Å². The predicted octanol–water partition coefficient (Wildman–Crippen LogP) is 2.47. The summed E-state index contributed by atoms with van der Waals surface area (Å²) in [5, 5.41) is 0. The molecule has 0 bridgehead atoms. The molecule has 0 aliphatic rings. The molecule has 1 aromatic rings. The van der Waals surface area contributed by atoms with Crippen LogP contribution in [0.1, 0.15) is 27.2 Å². The van der Waals surface area contributed by atoms with Crippen LogP contribution in [0.15, 0.2) is 18.7 Å². The van der Waals surface area contributed by atoms with Gasteiger partial charge in [-0.15, -0.1) is 0 Å². The average Bonchev–Trinajstić information content (AvgIpc) is 2.41. The van der Waals surface area contributed by atoms with Crippen molar-refractivity contribution in [2.24, 2.45) is 13.0 Å². The number of hydrogen-bond acceptors (Lipinski definition) is 1. The van der Waals surface area contributed by atoms with Crippen LogP contribution in [0.25, 0.3) is 0 Å². The van der Waals surface area contributed by atoms with Gasteiger partial charge in [-0.3, -0.25) is 0 Å². The summed E-state index contributed by atoms with van der Waals surface area (Å²) in [6.07, 6.45) is 6.69. The van der Waals surface area contributed by atoms with Crippen molar-refractivity contribution in [2.45, 2.75) is 27.2 Å². The lowest BCUT2D eigenvalue weighted by Crippen LogP contribution is -1.77. The third-order valence-corrected chi connectivity index (χ3v) is 1.45. The molecule has 1 aromatic heterocycles. The molecule has 64 valence electrons. The third kappa shape index (κ3) is 7.10. The quantitative estimate of drug-likeness (QED) is 0.607. The molecule has 0 radical (unpaired) electrons. The highest BCUT2D eigenvalue weighted by molar-refractivity contribution is 4.70. The highest BCUT2D eigenvalue weighted by atomic mass is 15.0. The van der Waals surface area contributed by atoms with Gasteiger partial charge in [0.05, 0.1) is 6.33 Å². The van der Waals surface area contributed by atoms with Gasteiger partial charge in [0.15, 0.2) is 0 Å². The van der Waals surface area contributed by atoms with Crippen molar-refractivity contribution in [1.82, 2.24) is 9.55 Å². The number of aryl methyl sites for hydroxylation is 1. The van der Waals surface area contributed by atoms with Gasteiger partial charge < -0.3 is 4.57 Å². The van der Waals surface area contributed by atoms with E-state index >= 15 is 0 Å². The first-order valence-corrected chi connectivity index (χ1v) is 4.08. The summed E-state index contributed by atoms with van der Waals surface area (Å²) in [6.45, 7) is 6.64. The van der Waals surface area contributed by atoms with Crippen LogP contribution < -0.4 is 0 Å². The molecular weight excluding hydrogens is 136 g/mol. The van der Waals surface area contributed by atoms with E-state index < -0.39 is 0 Å². The molecule has 1 rings (SSSR count). The molecule has 2 nitrogen and oxygen atoms in total. The molecule has 0 unspecified atom stereocenters. The van der Waals surface area contributed by atoms with Gasteiger partial charge in [-0.1, -0.05) is 27.2 Å². The van der Waals surface area contributed by atoms with E-state index in [2.05, 4.69) is 25.8 Å². The first-order chi connectivity index (χ1) is 5.16. The molecule has 0 aromatic carbocycles. The lowest BCUT2D eigenvalue weighted by atomic mass is 10.2. The Morgan fingerprint density at radius 2 is 2.00 bits per heavy atom. The molecule has 0 saturated carbocycles. The van der Waals surface area contributed by atoms with E-state index in [0.29, 0.717) is 0 Å². The van der Waals surface area contributed by atoms with E-state index in [-0.39, 0.29) is 0 Å². The number of hydrogen-bond donors (Lipinski definition) is 0.